The first-order valence-electron chi connectivity index (χ1n) is 8.04. The van der Waals surface area contributed by atoms with Crippen molar-refractivity contribution in [1.82, 2.24) is 4.90 Å². The van der Waals surface area contributed by atoms with Gasteiger partial charge in [-0.2, -0.15) is 0 Å². The van der Waals surface area contributed by atoms with E-state index in [0.717, 1.165) is 30.2 Å². The fraction of sp³-hybridized carbons (Fsp3) is 0.647. The molecular formula is C17H27NO3. The van der Waals surface area contributed by atoms with Gasteiger partial charge in [-0.25, -0.2) is 0 Å². The Kier molecular flexibility index (Phi) is 6.33. The standard InChI is InChI=1S/C17H27NO3/c1-3-20-16-9-8-14(12-17(16)21-4-2)15(19)13-18-10-6-5-7-11-18/h8-9,12,15,19H,3-7,10-11,13H2,1-2H3. The number of ether oxygens (including phenoxy) is 2. The van der Waals surface area contributed by atoms with Crippen LogP contribution in [0.4, 0.5) is 0 Å². The van der Waals surface area contributed by atoms with Gasteiger partial charge in [-0.15, -0.1) is 0 Å². The van der Waals surface area contributed by atoms with Crippen LogP contribution in [0.3, 0.4) is 0 Å². The minimum Gasteiger partial charge on any atom is -0.490 e. The van der Waals surface area contributed by atoms with E-state index >= 15 is 0 Å². The van der Waals surface area contributed by atoms with Gasteiger partial charge in [-0.05, 0) is 57.5 Å². The van der Waals surface area contributed by atoms with E-state index < -0.39 is 6.10 Å². The van der Waals surface area contributed by atoms with Gasteiger partial charge in [-0.3, -0.25) is 0 Å². The van der Waals surface area contributed by atoms with Crippen molar-refractivity contribution in [3.8, 4) is 11.5 Å². The average molecular weight is 293 g/mol. The zero-order valence-electron chi connectivity index (χ0n) is 13.2. The Morgan fingerprint density at radius 3 is 2.38 bits per heavy atom. The zero-order valence-corrected chi connectivity index (χ0v) is 13.2. The van der Waals surface area contributed by atoms with E-state index in [1.807, 2.05) is 32.0 Å². The SMILES string of the molecule is CCOc1ccc(C(O)CN2CCCCC2)cc1OCC. The number of likely N-dealkylation sites (tertiary alicyclic amines) is 1. The second-order valence-corrected chi connectivity index (χ2v) is 5.45. The molecule has 0 aliphatic carbocycles. The molecule has 1 heterocycles. The van der Waals surface area contributed by atoms with Gasteiger partial charge >= 0.3 is 0 Å². The predicted octanol–water partition coefficient (Wildman–Crippen LogP) is 3.00. The molecule has 0 aromatic heterocycles. The minimum atomic E-state index is -0.474. The molecule has 1 N–H and O–H groups in total. The molecule has 4 nitrogen and oxygen atoms in total. The summed E-state index contributed by atoms with van der Waals surface area (Å²) in [5.74, 6) is 1.46. The monoisotopic (exact) mass is 293 g/mol. The fourth-order valence-corrected chi connectivity index (χ4v) is 2.77. The molecule has 0 spiro atoms. The number of piperidine rings is 1. The average Bonchev–Trinajstić information content (AvgIpc) is 2.50. The highest BCUT2D eigenvalue weighted by Crippen LogP contribution is 2.31. The second-order valence-electron chi connectivity index (χ2n) is 5.45. The van der Waals surface area contributed by atoms with Crippen molar-refractivity contribution >= 4 is 0 Å². The molecule has 0 radical (unpaired) electrons. The summed E-state index contributed by atoms with van der Waals surface area (Å²) in [5.41, 5.74) is 0.896. The van der Waals surface area contributed by atoms with Crippen LogP contribution < -0.4 is 9.47 Å². The number of benzene rings is 1. The predicted molar refractivity (Wildman–Crippen MR) is 84.0 cm³/mol. The van der Waals surface area contributed by atoms with Crippen molar-refractivity contribution in [2.75, 3.05) is 32.8 Å². The Hall–Kier alpha value is -1.26. The Labute approximate surface area is 127 Å². The summed E-state index contributed by atoms with van der Waals surface area (Å²) in [5, 5.41) is 10.4. The minimum absolute atomic E-state index is 0.474. The van der Waals surface area contributed by atoms with Gasteiger partial charge < -0.3 is 19.5 Å². The van der Waals surface area contributed by atoms with Crippen LogP contribution in [0.15, 0.2) is 18.2 Å². The molecule has 1 atom stereocenters. The highest BCUT2D eigenvalue weighted by Gasteiger charge is 2.17. The van der Waals surface area contributed by atoms with Crippen LogP contribution in [0.1, 0.15) is 44.8 Å². The van der Waals surface area contributed by atoms with Gasteiger partial charge in [0.05, 0.1) is 19.3 Å². The topological polar surface area (TPSA) is 41.9 Å². The summed E-state index contributed by atoms with van der Waals surface area (Å²) in [6.07, 6.45) is 3.31. The fourth-order valence-electron chi connectivity index (χ4n) is 2.77. The van der Waals surface area contributed by atoms with Crippen LogP contribution in [0.25, 0.3) is 0 Å². The highest BCUT2D eigenvalue weighted by molar-refractivity contribution is 5.43. The molecule has 21 heavy (non-hydrogen) atoms. The normalized spacial score (nSPS) is 17.5. The first kappa shape index (κ1) is 16.1. The summed E-state index contributed by atoms with van der Waals surface area (Å²) in [4.78, 5) is 2.34. The summed E-state index contributed by atoms with van der Waals surface area (Å²) in [7, 11) is 0. The molecule has 1 aromatic carbocycles. The van der Waals surface area contributed by atoms with Gasteiger partial charge in [0.15, 0.2) is 11.5 Å². The zero-order chi connectivity index (χ0) is 15.1. The number of aliphatic hydroxyl groups excluding tert-OH is 1. The molecule has 0 amide bonds. The van der Waals surface area contributed by atoms with Crippen LogP contribution >= 0.6 is 0 Å². The Bertz CT molecular complexity index is 430. The number of nitrogens with zero attached hydrogens (tertiary/aromatic N) is 1. The maximum absolute atomic E-state index is 10.4. The summed E-state index contributed by atoms with van der Waals surface area (Å²) in [6.45, 7) is 7.97. The molecule has 1 saturated heterocycles. The molecule has 1 aromatic rings. The smallest absolute Gasteiger partial charge is 0.161 e. The molecule has 1 aliphatic rings. The number of hydrogen-bond acceptors (Lipinski definition) is 4. The molecule has 1 aliphatic heterocycles. The Morgan fingerprint density at radius 2 is 1.71 bits per heavy atom. The van der Waals surface area contributed by atoms with Crippen LogP contribution in [0, 0.1) is 0 Å². The lowest BCUT2D eigenvalue weighted by Gasteiger charge is -2.28. The van der Waals surface area contributed by atoms with Crippen molar-refractivity contribution in [3.63, 3.8) is 0 Å². The van der Waals surface area contributed by atoms with Crippen molar-refractivity contribution in [3.05, 3.63) is 23.8 Å². The van der Waals surface area contributed by atoms with E-state index in [0.29, 0.717) is 19.8 Å². The molecule has 0 bridgehead atoms. The third-order valence-corrected chi connectivity index (χ3v) is 3.83. The van der Waals surface area contributed by atoms with Gasteiger partial charge in [0.1, 0.15) is 0 Å². The van der Waals surface area contributed by atoms with E-state index in [1.165, 1.54) is 19.3 Å². The lowest BCUT2D eigenvalue weighted by atomic mass is 10.1. The largest absolute Gasteiger partial charge is 0.490 e. The lowest BCUT2D eigenvalue weighted by Crippen LogP contribution is -2.33. The Balaban J connectivity index is 2.05. The summed E-state index contributed by atoms with van der Waals surface area (Å²) in [6, 6.07) is 5.73. The molecule has 2 rings (SSSR count). The van der Waals surface area contributed by atoms with Crippen LogP contribution in [-0.2, 0) is 0 Å². The van der Waals surface area contributed by atoms with E-state index in [-0.39, 0.29) is 0 Å². The molecule has 4 heteroatoms. The third-order valence-electron chi connectivity index (χ3n) is 3.83. The maximum Gasteiger partial charge on any atom is 0.161 e. The molecular weight excluding hydrogens is 266 g/mol. The van der Waals surface area contributed by atoms with E-state index in [4.69, 9.17) is 9.47 Å². The molecule has 1 fully saturated rings. The van der Waals surface area contributed by atoms with Crippen molar-refractivity contribution in [2.45, 2.75) is 39.2 Å². The van der Waals surface area contributed by atoms with Crippen molar-refractivity contribution in [2.24, 2.45) is 0 Å². The number of hydrogen-bond donors (Lipinski definition) is 1. The van der Waals surface area contributed by atoms with Crippen molar-refractivity contribution in [1.29, 1.82) is 0 Å². The van der Waals surface area contributed by atoms with Crippen molar-refractivity contribution < 1.29 is 14.6 Å². The first-order chi connectivity index (χ1) is 10.2. The highest BCUT2D eigenvalue weighted by atomic mass is 16.5. The van der Waals surface area contributed by atoms with Crippen LogP contribution in [-0.4, -0.2) is 42.9 Å². The molecule has 1 unspecified atom stereocenters. The van der Waals surface area contributed by atoms with Gasteiger partial charge in [0.2, 0.25) is 0 Å². The summed E-state index contributed by atoms with van der Waals surface area (Å²) >= 11 is 0. The quantitative estimate of drug-likeness (QED) is 0.839. The van der Waals surface area contributed by atoms with Gasteiger partial charge in [-0.1, -0.05) is 12.5 Å². The number of rotatable bonds is 7. The van der Waals surface area contributed by atoms with E-state index in [9.17, 15) is 5.11 Å². The van der Waals surface area contributed by atoms with Crippen LogP contribution in [0.2, 0.25) is 0 Å². The van der Waals surface area contributed by atoms with Gasteiger partial charge in [0, 0.05) is 6.54 Å². The number of β-amino-alcohol motifs (C(OH)–C–C–N with tert-alkyl or cyclic N) is 1. The summed E-state index contributed by atoms with van der Waals surface area (Å²) < 4.78 is 11.2. The van der Waals surface area contributed by atoms with E-state index in [2.05, 4.69) is 4.90 Å². The lowest BCUT2D eigenvalue weighted by molar-refractivity contribution is 0.101. The molecule has 118 valence electrons. The molecule has 0 saturated carbocycles. The Morgan fingerprint density at radius 1 is 1.05 bits per heavy atom. The van der Waals surface area contributed by atoms with Crippen LogP contribution in [0.5, 0.6) is 11.5 Å². The maximum atomic E-state index is 10.4. The first-order valence-corrected chi connectivity index (χ1v) is 8.04. The second kappa shape index (κ2) is 8.25. The van der Waals surface area contributed by atoms with Gasteiger partial charge in [0.25, 0.3) is 0 Å². The van der Waals surface area contributed by atoms with E-state index in [1.54, 1.807) is 0 Å². The number of aliphatic hydroxyl groups is 1. The third kappa shape index (κ3) is 4.61.